The fraction of sp³-hybridized carbons (Fsp3) is 0.289. The molecule has 235 valence electrons. The Balaban J connectivity index is 1.40. The summed E-state index contributed by atoms with van der Waals surface area (Å²) < 4.78 is 14.3. The Morgan fingerprint density at radius 1 is 0.935 bits per heavy atom. The summed E-state index contributed by atoms with van der Waals surface area (Å²) in [5, 5.41) is 14.5. The van der Waals surface area contributed by atoms with Crippen LogP contribution in [0.1, 0.15) is 63.3 Å². The topological polar surface area (TPSA) is 90.6 Å². The SMILES string of the molecule is CCc1c2c(nc3ccc(O[Si-](c4ccccc4)(c4ccccc4)C(C)(C)C)cc13)-c1cc3c(c(=O)n1C2)COC(=O)[C@]3(O)CC. The van der Waals surface area contributed by atoms with Crippen molar-refractivity contribution in [1.29, 1.82) is 0 Å². The maximum absolute atomic E-state index is 13.8. The minimum Gasteiger partial charge on any atom is -0.683 e. The molecular weight excluding hydrogens is 593 g/mol. The van der Waals surface area contributed by atoms with Crippen LogP contribution in [0.5, 0.6) is 5.75 Å². The van der Waals surface area contributed by atoms with E-state index in [-0.39, 0.29) is 23.6 Å². The molecule has 0 radical (unpaired) electrons. The standard InChI is InChI=1S/C38H38N2O5Si/c1-6-27-28-20-24(45-46(37(3,4)5,25-14-10-8-11-15-25)26-16-12-9-13-17-26)18-19-32(28)39-34-29(27)22-40-33(34)21-31-30(35(40)41)23-44-36(42)38(31,43)7-2/h8-21,43H,6-7,22-23H2,1-5H3/q-1/t38-/m0/s1. The van der Waals surface area contributed by atoms with E-state index >= 15 is 0 Å². The average Bonchev–Trinajstić information content (AvgIpc) is 3.43. The third-order valence-electron chi connectivity index (χ3n) is 9.82. The van der Waals surface area contributed by atoms with Gasteiger partial charge in [0.15, 0.2) is 5.60 Å². The molecule has 2 aromatic heterocycles. The Morgan fingerprint density at radius 2 is 1.59 bits per heavy atom. The molecule has 0 saturated carbocycles. The number of benzene rings is 3. The van der Waals surface area contributed by atoms with Gasteiger partial charge in [0, 0.05) is 16.5 Å². The molecule has 4 heterocycles. The molecule has 7 nitrogen and oxygen atoms in total. The minimum absolute atomic E-state index is 0.105. The molecule has 5 aromatic rings. The normalized spacial score (nSPS) is 17.3. The van der Waals surface area contributed by atoms with E-state index in [4.69, 9.17) is 14.1 Å². The molecule has 1 N–H and O–H groups in total. The lowest BCUT2D eigenvalue weighted by atomic mass is 9.86. The molecule has 0 fully saturated rings. The van der Waals surface area contributed by atoms with Crippen LogP contribution in [0.15, 0.2) is 89.7 Å². The fourth-order valence-corrected chi connectivity index (χ4v) is 11.8. The van der Waals surface area contributed by atoms with Crippen LogP contribution in [-0.4, -0.2) is 28.9 Å². The van der Waals surface area contributed by atoms with Crippen molar-refractivity contribution in [2.24, 2.45) is 0 Å². The van der Waals surface area contributed by atoms with Crippen molar-refractivity contribution >= 4 is 35.6 Å². The molecule has 3 aromatic carbocycles. The number of aromatic nitrogens is 2. The summed E-state index contributed by atoms with van der Waals surface area (Å²) in [6.45, 7) is 10.8. The number of ether oxygens (including phenoxy) is 1. The Bertz CT molecular complexity index is 2030. The van der Waals surface area contributed by atoms with Crippen molar-refractivity contribution in [2.75, 3.05) is 0 Å². The van der Waals surface area contributed by atoms with Gasteiger partial charge in [-0.25, -0.2) is 9.78 Å². The molecule has 0 bridgehead atoms. The third kappa shape index (κ3) is 4.31. The Morgan fingerprint density at radius 3 is 2.17 bits per heavy atom. The van der Waals surface area contributed by atoms with E-state index in [1.165, 1.54) is 10.4 Å². The van der Waals surface area contributed by atoms with Crippen molar-refractivity contribution in [3.05, 3.63) is 118 Å². The molecule has 0 amide bonds. The molecule has 2 aliphatic heterocycles. The van der Waals surface area contributed by atoms with Crippen molar-refractivity contribution in [2.45, 2.75) is 71.3 Å². The number of carbonyl (C=O) groups is 1. The second-order valence-electron chi connectivity index (χ2n) is 13.3. The molecule has 2 aliphatic rings. The van der Waals surface area contributed by atoms with Gasteiger partial charge in [-0.3, -0.25) is 4.79 Å². The number of pyridine rings is 2. The first-order valence-electron chi connectivity index (χ1n) is 16.0. The van der Waals surface area contributed by atoms with E-state index in [1.54, 1.807) is 17.6 Å². The molecule has 0 spiro atoms. The average molecular weight is 631 g/mol. The Hall–Kier alpha value is -4.53. The highest BCUT2D eigenvalue weighted by Crippen LogP contribution is 2.42. The largest absolute Gasteiger partial charge is 0.683 e. The number of hydrogen-bond acceptors (Lipinski definition) is 6. The first kappa shape index (κ1) is 30.1. The highest BCUT2D eigenvalue weighted by Gasteiger charge is 2.45. The summed E-state index contributed by atoms with van der Waals surface area (Å²) in [5.74, 6) is 0.0595. The highest BCUT2D eigenvalue weighted by atomic mass is 28.4. The van der Waals surface area contributed by atoms with Gasteiger partial charge >= 0.3 is 5.97 Å². The van der Waals surface area contributed by atoms with Crippen molar-refractivity contribution in [3.8, 4) is 17.1 Å². The lowest BCUT2D eigenvalue weighted by Crippen LogP contribution is -2.68. The van der Waals surface area contributed by atoms with Crippen LogP contribution in [0, 0.1) is 0 Å². The number of hydrogen-bond donors (Lipinski definition) is 1. The van der Waals surface area contributed by atoms with Gasteiger partial charge in [0.25, 0.3) is 5.56 Å². The maximum Gasteiger partial charge on any atom is 0.343 e. The maximum atomic E-state index is 13.8. The van der Waals surface area contributed by atoms with Gasteiger partial charge in [0.1, 0.15) is 14.9 Å². The monoisotopic (exact) mass is 630 g/mol. The molecule has 1 atom stereocenters. The number of aliphatic hydroxyl groups is 1. The van der Waals surface area contributed by atoms with Crippen molar-refractivity contribution in [3.63, 3.8) is 0 Å². The number of fused-ring (bicyclic) bond motifs is 5. The van der Waals surface area contributed by atoms with E-state index in [0.29, 0.717) is 29.1 Å². The smallest absolute Gasteiger partial charge is 0.343 e. The second kappa shape index (κ2) is 10.8. The van der Waals surface area contributed by atoms with E-state index in [2.05, 4.69) is 82.3 Å². The van der Waals surface area contributed by atoms with Crippen LogP contribution in [0.25, 0.3) is 22.3 Å². The molecular formula is C38H38N2O5Si-. The number of carbonyl (C=O) groups excluding carboxylic acids is 1. The molecule has 46 heavy (non-hydrogen) atoms. The van der Waals surface area contributed by atoms with E-state index in [0.717, 1.165) is 34.2 Å². The zero-order valence-electron chi connectivity index (χ0n) is 26.9. The summed E-state index contributed by atoms with van der Waals surface area (Å²) in [5.41, 5.74) is 2.74. The van der Waals surface area contributed by atoms with Crippen LogP contribution in [0.4, 0.5) is 0 Å². The summed E-state index contributed by atoms with van der Waals surface area (Å²) in [7, 11) is -2.85. The van der Waals surface area contributed by atoms with Gasteiger partial charge < -0.3 is 18.8 Å². The van der Waals surface area contributed by atoms with Crippen LogP contribution in [-0.2, 0) is 34.7 Å². The van der Waals surface area contributed by atoms with Gasteiger partial charge in [0.05, 0.1) is 34.8 Å². The number of cyclic esters (lactones) is 1. The first-order chi connectivity index (χ1) is 22.0. The van der Waals surface area contributed by atoms with Crippen molar-refractivity contribution < 1.29 is 19.1 Å². The van der Waals surface area contributed by atoms with Gasteiger partial charge in [-0.05, 0) is 42.7 Å². The number of esters is 1. The molecule has 0 unspecified atom stereocenters. The number of aryl methyl sites for hydroxylation is 1. The lowest BCUT2D eigenvalue weighted by molar-refractivity contribution is -0.172. The van der Waals surface area contributed by atoms with Gasteiger partial charge in [0.2, 0.25) is 0 Å². The van der Waals surface area contributed by atoms with E-state index in [1.807, 2.05) is 24.3 Å². The minimum atomic E-state index is -2.85. The quantitative estimate of drug-likeness (QED) is 0.191. The third-order valence-corrected chi connectivity index (χ3v) is 14.8. The van der Waals surface area contributed by atoms with Crippen LogP contribution < -0.4 is 20.4 Å². The molecule has 8 heteroatoms. The van der Waals surface area contributed by atoms with Gasteiger partial charge in [-0.1, -0.05) is 95.3 Å². The van der Waals surface area contributed by atoms with E-state index in [9.17, 15) is 14.7 Å². The van der Waals surface area contributed by atoms with Gasteiger partial charge in [-0.15, -0.1) is 15.4 Å². The zero-order chi connectivity index (χ0) is 32.4. The lowest BCUT2D eigenvalue weighted by Gasteiger charge is -2.55. The van der Waals surface area contributed by atoms with E-state index < -0.39 is 19.9 Å². The Kier molecular flexibility index (Phi) is 7.06. The van der Waals surface area contributed by atoms with Crippen LogP contribution >= 0.6 is 0 Å². The predicted octanol–water partition coefficient (Wildman–Crippen LogP) is 5.58. The molecule has 0 saturated heterocycles. The second-order valence-corrected chi connectivity index (χ2v) is 17.5. The number of nitrogens with zero attached hydrogens (tertiary/aromatic N) is 2. The summed E-state index contributed by atoms with van der Waals surface area (Å²) in [6.07, 6.45) is 0.834. The van der Waals surface area contributed by atoms with Crippen LogP contribution in [0.2, 0.25) is 5.04 Å². The number of rotatable bonds is 6. The van der Waals surface area contributed by atoms with Crippen LogP contribution in [0.3, 0.4) is 0 Å². The molecule has 7 rings (SSSR count). The summed E-state index contributed by atoms with van der Waals surface area (Å²) in [6, 6.07) is 29.0. The molecule has 0 aliphatic carbocycles. The first-order valence-corrected chi connectivity index (χ1v) is 17.9. The summed E-state index contributed by atoms with van der Waals surface area (Å²) in [4.78, 5) is 31.5. The van der Waals surface area contributed by atoms with Gasteiger partial charge in [-0.2, -0.15) is 0 Å². The Labute approximate surface area is 269 Å². The zero-order valence-corrected chi connectivity index (χ0v) is 27.9. The van der Waals surface area contributed by atoms with Crippen molar-refractivity contribution in [1.82, 2.24) is 9.55 Å². The fourth-order valence-electron chi connectivity index (χ4n) is 7.43. The summed E-state index contributed by atoms with van der Waals surface area (Å²) >= 11 is 0. The predicted molar refractivity (Wildman–Crippen MR) is 182 cm³/mol. The highest BCUT2D eigenvalue weighted by molar-refractivity contribution is 7.00.